The number of nitrogens with zero attached hydrogens (tertiary/aromatic N) is 5. The summed E-state index contributed by atoms with van der Waals surface area (Å²) in [4.78, 5) is 33.0. The Balaban J connectivity index is 1.49. The van der Waals surface area contributed by atoms with Gasteiger partial charge in [-0.25, -0.2) is 4.68 Å². The Morgan fingerprint density at radius 3 is 2.82 bits per heavy atom. The summed E-state index contributed by atoms with van der Waals surface area (Å²) in [7, 11) is 0. The molecular weight excluding hydrogens is 282 g/mol. The van der Waals surface area contributed by atoms with E-state index in [9.17, 15) is 9.59 Å². The molecule has 1 aromatic heterocycles. The van der Waals surface area contributed by atoms with Gasteiger partial charge in [-0.3, -0.25) is 14.5 Å². The van der Waals surface area contributed by atoms with Crippen LogP contribution in [0.1, 0.15) is 38.5 Å². The van der Waals surface area contributed by atoms with Gasteiger partial charge < -0.3 is 4.90 Å². The Morgan fingerprint density at radius 2 is 2.00 bits per heavy atom. The fourth-order valence-electron chi connectivity index (χ4n) is 4.00. The van der Waals surface area contributed by atoms with E-state index in [-0.39, 0.29) is 17.7 Å². The van der Waals surface area contributed by atoms with Crippen LogP contribution in [0.5, 0.6) is 0 Å². The number of hydrogen-bond acceptors (Lipinski definition) is 4. The van der Waals surface area contributed by atoms with Crippen LogP contribution in [0, 0.1) is 5.92 Å². The van der Waals surface area contributed by atoms with Crippen LogP contribution in [-0.4, -0.2) is 50.6 Å². The number of hydrogen-bond donors (Lipinski definition) is 0. The van der Waals surface area contributed by atoms with Crippen molar-refractivity contribution in [2.75, 3.05) is 18.0 Å². The van der Waals surface area contributed by atoms with Crippen LogP contribution in [0.25, 0.3) is 0 Å². The number of likely N-dealkylation sites (tertiary alicyclic amines) is 1. The second-order valence-corrected chi connectivity index (χ2v) is 6.51. The minimum absolute atomic E-state index is 0.0304. The topological polar surface area (TPSA) is 71.3 Å². The molecule has 0 unspecified atom stereocenters. The van der Waals surface area contributed by atoms with Crippen molar-refractivity contribution in [2.24, 2.45) is 5.92 Å². The molecule has 2 amide bonds. The number of aryl methyl sites for hydroxylation is 1. The minimum atomic E-state index is -0.226. The highest BCUT2D eigenvalue weighted by Crippen LogP contribution is 2.31. The number of carbonyl (C=O) groups is 2. The van der Waals surface area contributed by atoms with Crippen LogP contribution < -0.4 is 4.90 Å². The van der Waals surface area contributed by atoms with Gasteiger partial charge in [0.1, 0.15) is 6.33 Å². The normalized spacial score (nSPS) is 25.8. The fraction of sp³-hybridized carbons (Fsp3) is 0.733. The van der Waals surface area contributed by atoms with Gasteiger partial charge in [-0.15, -0.1) is 0 Å². The van der Waals surface area contributed by atoms with E-state index in [2.05, 4.69) is 10.1 Å². The summed E-state index contributed by atoms with van der Waals surface area (Å²) >= 11 is 0. The van der Waals surface area contributed by atoms with Gasteiger partial charge in [-0.05, 0) is 19.3 Å². The Kier molecular flexibility index (Phi) is 3.35. The van der Waals surface area contributed by atoms with E-state index < -0.39 is 0 Å². The average Bonchev–Trinajstić information content (AvgIpc) is 3.25. The van der Waals surface area contributed by atoms with Gasteiger partial charge in [0.2, 0.25) is 17.8 Å². The highest BCUT2D eigenvalue weighted by atomic mass is 16.2. The molecule has 2 fully saturated rings. The first-order valence-corrected chi connectivity index (χ1v) is 8.22. The summed E-state index contributed by atoms with van der Waals surface area (Å²) in [5, 5.41) is 4.14. The van der Waals surface area contributed by atoms with Crippen molar-refractivity contribution in [3.8, 4) is 0 Å². The third-order valence-corrected chi connectivity index (χ3v) is 5.13. The first kappa shape index (κ1) is 13.7. The third kappa shape index (κ3) is 2.19. The highest BCUT2D eigenvalue weighted by molar-refractivity contribution is 5.98. The van der Waals surface area contributed by atoms with E-state index in [4.69, 9.17) is 0 Å². The fourth-order valence-corrected chi connectivity index (χ4v) is 4.00. The molecule has 1 aromatic rings. The van der Waals surface area contributed by atoms with Gasteiger partial charge >= 0.3 is 0 Å². The lowest BCUT2D eigenvalue weighted by Gasteiger charge is -2.28. The third-order valence-electron chi connectivity index (χ3n) is 5.13. The molecule has 0 spiro atoms. The number of anilines is 1. The van der Waals surface area contributed by atoms with E-state index in [0.717, 1.165) is 25.8 Å². The van der Waals surface area contributed by atoms with Crippen molar-refractivity contribution < 1.29 is 9.59 Å². The number of carbonyl (C=O) groups excluding carboxylic acids is 2. The summed E-state index contributed by atoms with van der Waals surface area (Å²) in [6.45, 7) is 2.05. The molecule has 0 N–H and O–H groups in total. The molecule has 0 bridgehead atoms. The maximum atomic E-state index is 12.8. The average molecular weight is 303 g/mol. The lowest BCUT2D eigenvalue weighted by molar-refractivity contribution is -0.130. The molecule has 7 nitrogen and oxygen atoms in total. The van der Waals surface area contributed by atoms with Gasteiger partial charge in [0, 0.05) is 32.1 Å². The Labute approximate surface area is 129 Å². The molecule has 7 heteroatoms. The molecule has 1 saturated carbocycles. The molecule has 22 heavy (non-hydrogen) atoms. The monoisotopic (exact) mass is 303 g/mol. The zero-order valence-electron chi connectivity index (χ0n) is 12.6. The van der Waals surface area contributed by atoms with Crippen LogP contribution in [0.4, 0.5) is 5.95 Å². The standard InChI is InChI=1S/C15H21N5O2/c21-13-8-11(9-19(13)12-4-1-2-5-12)14(22)18-6-3-7-20-15(18)16-10-17-20/h10-12H,1-9H2/t11-/m1/s1. The first-order valence-electron chi connectivity index (χ1n) is 8.22. The van der Waals surface area contributed by atoms with Gasteiger partial charge in [-0.1, -0.05) is 12.8 Å². The van der Waals surface area contributed by atoms with Crippen LogP contribution in [-0.2, 0) is 16.1 Å². The van der Waals surface area contributed by atoms with Gasteiger partial charge in [-0.2, -0.15) is 10.1 Å². The Hall–Kier alpha value is -1.92. The van der Waals surface area contributed by atoms with Gasteiger partial charge in [0.15, 0.2) is 0 Å². The maximum absolute atomic E-state index is 12.8. The summed E-state index contributed by atoms with van der Waals surface area (Å²) in [5.74, 6) is 0.575. The molecule has 1 saturated heterocycles. The smallest absolute Gasteiger partial charge is 0.234 e. The Bertz CT molecular complexity index is 593. The molecule has 2 aliphatic heterocycles. The Morgan fingerprint density at radius 1 is 1.18 bits per heavy atom. The zero-order valence-corrected chi connectivity index (χ0v) is 12.6. The van der Waals surface area contributed by atoms with E-state index in [0.29, 0.717) is 31.5 Å². The van der Waals surface area contributed by atoms with Crippen molar-refractivity contribution in [3.63, 3.8) is 0 Å². The lowest BCUT2D eigenvalue weighted by atomic mass is 10.1. The van der Waals surface area contributed by atoms with Crippen LogP contribution in [0.3, 0.4) is 0 Å². The van der Waals surface area contributed by atoms with E-state index in [1.807, 2.05) is 4.90 Å². The molecule has 0 aromatic carbocycles. The van der Waals surface area contributed by atoms with E-state index in [1.165, 1.54) is 19.2 Å². The summed E-state index contributed by atoms with van der Waals surface area (Å²) < 4.78 is 1.77. The molecule has 118 valence electrons. The maximum Gasteiger partial charge on any atom is 0.234 e. The largest absolute Gasteiger partial charge is 0.339 e. The number of aromatic nitrogens is 3. The molecular formula is C15H21N5O2. The molecule has 3 aliphatic rings. The quantitative estimate of drug-likeness (QED) is 0.810. The van der Waals surface area contributed by atoms with Crippen LogP contribution in [0.15, 0.2) is 6.33 Å². The lowest BCUT2D eigenvalue weighted by Crippen LogP contribution is -2.43. The van der Waals surface area contributed by atoms with Gasteiger partial charge in [0.25, 0.3) is 0 Å². The molecule has 4 rings (SSSR count). The summed E-state index contributed by atoms with van der Waals surface area (Å²) in [6.07, 6.45) is 7.29. The second-order valence-electron chi connectivity index (χ2n) is 6.51. The van der Waals surface area contributed by atoms with Crippen molar-refractivity contribution >= 4 is 17.8 Å². The zero-order chi connectivity index (χ0) is 15.1. The van der Waals surface area contributed by atoms with Crippen molar-refractivity contribution in [2.45, 2.75) is 51.1 Å². The van der Waals surface area contributed by atoms with E-state index >= 15 is 0 Å². The number of fused-ring (bicyclic) bond motifs is 1. The number of amides is 2. The van der Waals surface area contributed by atoms with Gasteiger partial charge in [0.05, 0.1) is 5.92 Å². The van der Waals surface area contributed by atoms with Crippen molar-refractivity contribution in [1.29, 1.82) is 0 Å². The summed E-state index contributed by atoms with van der Waals surface area (Å²) in [6, 6.07) is 0.357. The summed E-state index contributed by atoms with van der Waals surface area (Å²) in [5.41, 5.74) is 0. The second kappa shape index (κ2) is 5.37. The predicted octanol–water partition coefficient (Wildman–Crippen LogP) is 0.806. The van der Waals surface area contributed by atoms with Crippen LogP contribution >= 0.6 is 0 Å². The first-order chi connectivity index (χ1) is 10.7. The predicted molar refractivity (Wildman–Crippen MR) is 79.1 cm³/mol. The number of rotatable bonds is 2. The van der Waals surface area contributed by atoms with Crippen molar-refractivity contribution in [3.05, 3.63) is 6.33 Å². The molecule has 1 aliphatic carbocycles. The van der Waals surface area contributed by atoms with E-state index in [1.54, 1.807) is 9.58 Å². The molecule has 0 radical (unpaired) electrons. The molecule has 1 atom stereocenters. The minimum Gasteiger partial charge on any atom is -0.339 e. The SMILES string of the molecule is O=C([C@@H]1CC(=O)N(C2CCCC2)C1)N1CCCn2ncnc21. The van der Waals surface area contributed by atoms with Crippen LogP contribution in [0.2, 0.25) is 0 Å². The highest BCUT2D eigenvalue weighted by Gasteiger charge is 2.41. The van der Waals surface area contributed by atoms with Crippen molar-refractivity contribution in [1.82, 2.24) is 19.7 Å². The molecule has 3 heterocycles.